The van der Waals surface area contributed by atoms with Gasteiger partial charge in [-0.25, -0.2) is 0 Å². The molecule has 1 aromatic carbocycles. The Morgan fingerprint density at radius 3 is 2.63 bits per heavy atom. The molecule has 0 bridgehead atoms. The molecule has 1 fully saturated rings. The Balaban J connectivity index is 2.28. The number of amidine groups is 1. The fourth-order valence-corrected chi connectivity index (χ4v) is 4.37. The maximum Gasteiger partial charge on any atom is 0.326 e. The van der Waals surface area contributed by atoms with Gasteiger partial charge in [-0.1, -0.05) is 40.2 Å². The third-order valence-electron chi connectivity index (χ3n) is 6.11. The number of nitrogens with zero attached hydrogens (tertiary/aromatic N) is 3. The Labute approximate surface area is 179 Å². The van der Waals surface area contributed by atoms with Gasteiger partial charge in [-0.05, 0) is 43.1 Å². The number of hydrogen-bond donors (Lipinski definition) is 0. The number of nitro groups is 1. The molecule has 1 aromatic rings. The minimum absolute atomic E-state index is 0.0125. The molecule has 3 atom stereocenters. The van der Waals surface area contributed by atoms with E-state index in [-0.39, 0.29) is 24.3 Å². The van der Waals surface area contributed by atoms with Crippen LogP contribution in [-0.2, 0) is 9.53 Å². The zero-order valence-electron chi connectivity index (χ0n) is 19.1. The minimum Gasteiger partial charge on any atom is -0.461 e. The van der Waals surface area contributed by atoms with Crippen molar-refractivity contribution in [3.63, 3.8) is 0 Å². The lowest BCUT2D eigenvalue weighted by Gasteiger charge is -2.37. The summed E-state index contributed by atoms with van der Waals surface area (Å²) in [5.74, 6) is 1.72. The summed E-state index contributed by atoms with van der Waals surface area (Å²) in [4.78, 5) is 29.9. The molecule has 0 aromatic heterocycles. The average molecular weight is 418 g/mol. The van der Waals surface area contributed by atoms with Gasteiger partial charge < -0.3 is 9.64 Å². The van der Waals surface area contributed by atoms with Crippen LogP contribution < -0.4 is 4.90 Å². The van der Waals surface area contributed by atoms with Crippen molar-refractivity contribution in [3.8, 4) is 0 Å². The van der Waals surface area contributed by atoms with Gasteiger partial charge in [0, 0.05) is 25.6 Å². The fourth-order valence-electron chi connectivity index (χ4n) is 4.37. The zero-order chi connectivity index (χ0) is 22.4. The molecule has 0 saturated heterocycles. The predicted octanol–water partition coefficient (Wildman–Crippen LogP) is 5.15. The van der Waals surface area contributed by atoms with Gasteiger partial charge >= 0.3 is 5.97 Å². The number of rotatable bonds is 7. The molecule has 1 aliphatic rings. The summed E-state index contributed by atoms with van der Waals surface area (Å²) in [6, 6.07) is 4.68. The van der Waals surface area contributed by atoms with Crippen LogP contribution in [0.15, 0.2) is 23.2 Å². The van der Waals surface area contributed by atoms with Gasteiger partial charge in [-0.2, -0.15) is 0 Å². The highest BCUT2D eigenvalue weighted by atomic mass is 16.6. The van der Waals surface area contributed by atoms with E-state index in [0.717, 1.165) is 18.4 Å². The summed E-state index contributed by atoms with van der Waals surface area (Å²) in [7, 11) is 1.67. The largest absolute Gasteiger partial charge is 0.461 e. The number of carbonyl (C=O) groups is 1. The van der Waals surface area contributed by atoms with Crippen molar-refractivity contribution in [1.29, 1.82) is 0 Å². The second kappa shape index (κ2) is 10.5. The summed E-state index contributed by atoms with van der Waals surface area (Å²) in [5.41, 5.74) is 1.44. The Hall–Kier alpha value is -2.44. The standard InChI is InChI=1S/C23H35N3O4/c1-7-22(24-6)25(20-13-18(26(28)29)10-9-17(20)5)14-23(27)30-21-12-16(4)8-11-19(21)15(2)3/h9-10,13,15-16,19,21H,7-8,11-12,14H2,1-6H3/b24-22+/t16-,19+,21-/m1/s1. The summed E-state index contributed by atoms with van der Waals surface area (Å²) in [6.07, 6.45) is 3.63. The maximum absolute atomic E-state index is 13.0. The Morgan fingerprint density at radius 2 is 2.07 bits per heavy atom. The number of ether oxygens (including phenoxy) is 1. The fraction of sp³-hybridized carbons (Fsp3) is 0.652. The normalized spacial score (nSPS) is 22.1. The van der Waals surface area contributed by atoms with E-state index in [1.807, 2.05) is 13.8 Å². The Kier molecular flexibility index (Phi) is 8.38. The molecule has 0 unspecified atom stereocenters. The zero-order valence-corrected chi connectivity index (χ0v) is 19.1. The molecule has 166 valence electrons. The quantitative estimate of drug-likeness (QED) is 0.201. The van der Waals surface area contributed by atoms with Crippen LogP contribution in [0.1, 0.15) is 58.9 Å². The molecule has 0 spiro atoms. The van der Waals surface area contributed by atoms with Crippen LogP contribution in [0.3, 0.4) is 0 Å². The van der Waals surface area contributed by atoms with Crippen molar-refractivity contribution >= 4 is 23.2 Å². The molecule has 7 heteroatoms. The van der Waals surface area contributed by atoms with E-state index >= 15 is 0 Å². The molecule has 0 amide bonds. The second-order valence-electron chi connectivity index (χ2n) is 8.66. The van der Waals surface area contributed by atoms with Gasteiger partial charge in [0.15, 0.2) is 0 Å². The summed E-state index contributed by atoms with van der Waals surface area (Å²) >= 11 is 0. The third-order valence-corrected chi connectivity index (χ3v) is 6.11. The molecule has 0 aliphatic heterocycles. The minimum atomic E-state index is -0.426. The number of hydrogen-bond acceptors (Lipinski definition) is 5. The molecular formula is C23H35N3O4. The van der Waals surface area contributed by atoms with E-state index < -0.39 is 4.92 Å². The molecular weight excluding hydrogens is 382 g/mol. The Bertz CT molecular complexity index is 791. The first kappa shape index (κ1) is 23.8. The van der Waals surface area contributed by atoms with Gasteiger partial charge in [0.25, 0.3) is 5.69 Å². The van der Waals surface area contributed by atoms with Crippen LogP contribution in [0.25, 0.3) is 0 Å². The van der Waals surface area contributed by atoms with Crippen LogP contribution in [-0.4, -0.2) is 36.4 Å². The number of aliphatic imine (C=N–C) groups is 1. The van der Waals surface area contributed by atoms with E-state index in [1.54, 1.807) is 18.0 Å². The van der Waals surface area contributed by atoms with Crippen LogP contribution in [0, 0.1) is 34.8 Å². The molecule has 2 rings (SSSR count). The van der Waals surface area contributed by atoms with Crippen molar-refractivity contribution in [3.05, 3.63) is 33.9 Å². The summed E-state index contributed by atoms with van der Waals surface area (Å²) in [5, 5.41) is 11.3. The van der Waals surface area contributed by atoms with Crippen molar-refractivity contribution in [2.45, 2.75) is 66.4 Å². The topological polar surface area (TPSA) is 85.0 Å². The van der Waals surface area contributed by atoms with Crippen LogP contribution in [0.2, 0.25) is 0 Å². The van der Waals surface area contributed by atoms with Crippen molar-refractivity contribution in [2.24, 2.45) is 22.7 Å². The summed E-state index contributed by atoms with van der Waals surface area (Å²) < 4.78 is 5.97. The van der Waals surface area contributed by atoms with Gasteiger partial charge in [0.1, 0.15) is 18.5 Å². The first-order valence-corrected chi connectivity index (χ1v) is 10.9. The number of anilines is 1. The van der Waals surface area contributed by atoms with Crippen LogP contribution >= 0.6 is 0 Å². The van der Waals surface area contributed by atoms with Gasteiger partial charge in [-0.3, -0.25) is 19.9 Å². The van der Waals surface area contributed by atoms with Gasteiger partial charge in [0.2, 0.25) is 0 Å². The predicted molar refractivity (Wildman–Crippen MR) is 120 cm³/mol. The first-order valence-electron chi connectivity index (χ1n) is 10.9. The van der Waals surface area contributed by atoms with Gasteiger partial charge in [0.05, 0.1) is 10.6 Å². The monoisotopic (exact) mass is 417 g/mol. The van der Waals surface area contributed by atoms with E-state index in [2.05, 4.69) is 25.8 Å². The molecule has 30 heavy (non-hydrogen) atoms. The van der Waals surface area contributed by atoms with E-state index in [0.29, 0.717) is 35.7 Å². The Morgan fingerprint density at radius 1 is 1.37 bits per heavy atom. The molecule has 0 radical (unpaired) electrons. The highest BCUT2D eigenvalue weighted by molar-refractivity contribution is 6.01. The number of non-ortho nitro benzene ring substituents is 1. The number of nitro benzene ring substituents is 1. The smallest absolute Gasteiger partial charge is 0.326 e. The molecule has 7 nitrogen and oxygen atoms in total. The van der Waals surface area contributed by atoms with Crippen molar-refractivity contribution in [1.82, 2.24) is 0 Å². The van der Waals surface area contributed by atoms with Crippen LogP contribution in [0.5, 0.6) is 0 Å². The van der Waals surface area contributed by atoms with E-state index in [1.165, 1.54) is 18.6 Å². The molecule has 0 N–H and O–H groups in total. The number of benzene rings is 1. The van der Waals surface area contributed by atoms with E-state index in [4.69, 9.17) is 4.74 Å². The average Bonchev–Trinajstić information content (AvgIpc) is 2.68. The molecule has 1 saturated carbocycles. The number of esters is 1. The third kappa shape index (κ3) is 5.80. The van der Waals surface area contributed by atoms with Crippen LogP contribution in [0.4, 0.5) is 11.4 Å². The number of carbonyl (C=O) groups excluding carboxylic acids is 1. The lowest BCUT2D eigenvalue weighted by molar-refractivity contribution is -0.384. The van der Waals surface area contributed by atoms with E-state index in [9.17, 15) is 14.9 Å². The molecule has 0 heterocycles. The maximum atomic E-state index is 13.0. The SMILES string of the molecule is CC/C(=N\C)N(CC(=O)O[C@@H]1C[C@H](C)CC[C@H]1C(C)C)c1cc([N+](=O)[O-])ccc1C. The van der Waals surface area contributed by atoms with Gasteiger partial charge in [-0.15, -0.1) is 0 Å². The van der Waals surface area contributed by atoms with Crippen molar-refractivity contribution < 1.29 is 14.5 Å². The highest BCUT2D eigenvalue weighted by Crippen LogP contribution is 2.35. The second-order valence-corrected chi connectivity index (χ2v) is 8.66. The highest BCUT2D eigenvalue weighted by Gasteiger charge is 2.34. The van der Waals surface area contributed by atoms with Crippen molar-refractivity contribution in [2.75, 3.05) is 18.5 Å². The lowest BCUT2D eigenvalue weighted by atomic mass is 9.75. The first-order chi connectivity index (χ1) is 14.2. The number of aryl methyl sites for hydroxylation is 1. The molecule has 1 aliphatic carbocycles. The lowest BCUT2D eigenvalue weighted by Crippen LogP contribution is -2.41. The summed E-state index contributed by atoms with van der Waals surface area (Å²) in [6.45, 7) is 10.4.